The fourth-order valence-corrected chi connectivity index (χ4v) is 4.45. The van der Waals surface area contributed by atoms with Gasteiger partial charge in [0.15, 0.2) is 0 Å². The summed E-state index contributed by atoms with van der Waals surface area (Å²) in [7, 11) is 0. The molecule has 36 heavy (non-hydrogen) atoms. The van der Waals surface area contributed by atoms with E-state index >= 15 is 0 Å². The van der Waals surface area contributed by atoms with E-state index in [2.05, 4.69) is 10.3 Å². The number of fused-ring (bicyclic) bond motifs is 1. The van der Waals surface area contributed by atoms with Gasteiger partial charge in [-0.15, -0.1) is 0 Å². The van der Waals surface area contributed by atoms with Crippen molar-refractivity contribution in [3.63, 3.8) is 0 Å². The molecule has 4 rings (SSSR count). The number of anilines is 1. The summed E-state index contributed by atoms with van der Waals surface area (Å²) in [5, 5.41) is 3.63. The first kappa shape index (κ1) is 25.2. The summed E-state index contributed by atoms with van der Waals surface area (Å²) in [5.41, 5.74) is 1.59. The van der Waals surface area contributed by atoms with Gasteiger partial charge >= 0.3 is 12.1 Å². The third-order valence-corrected chi connectivity index (χ3v) is 5.98. The van der Waals surface area contributed by atoms with E-state index in [4.69, 9.17) is 9.47 Å². The van der Waals surface area contributed by atoms with E-state index in [0.717, 1.165) is 16.5 Å². The fourth-order valence-electron chi connectivity index (χ4n) is 4.45. The Morgan fingerprint density at radius 3 is 2.50 bits per heavy atom. The van der Waals surface area contributed by atoms with Crippen molar-refractivity contribution >= 4 is 34.6 Å². The van der Waals surface area contributed by atoms with Crippen molar-refractivity contribution in [2.45, 2.75) is 51.7 Å². The van der Waals surface area contributed by atoms with Crippen LogP contribution < -0.4 is 5.32 Å². The maximum atomic E-state index is 13.6. The van der Waals surface area contributed by atoms with Crippen molar-refractivity contribution in [2.24, 2.45) is 0 Å². The molecular formula is C27H30FN3O5. The summed E-state index contributed by atoms with van der Waals surface area (Å²) in [6.07, 6.45) is -0.0460. The number of ether oxygens (including phenoxy) is 2. The van der Waals surface area contributed by atoms with E-state index in [1.165, 1.54) is 17.0 Å². The van der Waals surface area contributed by atoms with Crippen molar-refractivity contribution in [1.82, 2.24) is 9.88 Å². The van der Waals surface area contributed by atoms with E-state index in [9.17, 15) is 18.8 Å². The van der Waals surface area contributed by atoms with Crippen LogP contribution in [0.1, 0.15) is 56.1 Å². The number of aromatic nitrogens is 1. The number of nitrogens with zero attached hydrogens (tertiary/aromatic N) is 1. The van der Waals surface area contributed by atoms with Gasteiger partial charge < -0.3 is 19.8 Å². The van der Waals surface area contributed by atoms with Crippen LogP contribution in [0.5, 0.6) is 0 Å². The first-order valence-corrected chi connectivity index (χ1v) is 11.9. The summed E-state index contributed by atoms with van der Waals surface area (Å²) in [6.45, 7) is 7.63. The first-order chi connectivity index (χ1) is 17.1. The van der Waals surface area contributed by atoms with Crippen LogP contribution >= 0.6 is 0 Å². The zero-order valence-electron chi connectivity index (χ0n) is 20.8. The van der Waals surface area contributed by atoms with Gasteiger partial charge in [-0.2, -0.15) is 0 Å². The summed E-state index contributed by atoms with van der Waals surface area (Å²) in [5.74, 6) is -1.54. The molecule has 0 saturated carbocycles. The average Bonchev–Trinajstić information content (AvgIpc) is 3.43. The summed E-state index contributed by atoms with van der Waals surface area (Å²) in [4.78, 5) is 43.0. The average molecular weight is 496 g/mol. The van der Waals surface area contributed by atoms with Crippen LogP contribution in [0.4, 0.5) is 14.9 Å². The van der Waals surface area contributed by atoms with Gasteiger partial charge in [-0.3, -0.25) is 9.69 Å². The Labute approximate surface area is 208 Å². The third kappa shape index (κ3) is 5.50. The second-order valence-electron chi connectivity index (χ2n) is 9.76. The normalized spacial score (nSPS) is 17.8. The number of benzene rings is 2. The summed E-state index contributed by atoms with van der Waals surface area (Å²) < 4.78 is 24.1. The molecule has 2 aromatic carbocycles. The number of esters is 1. The minimum Gasteiger partial charge on any atom is -0.461 e. The quantitative estimate of drug-likeness (QED) is 0.473. The molecule has 3 aromatic rings. The Bertz CT molecular complexity index is 1280. The number of hydrogen-bond acceptors (Lipinski definition) is 5. The molecule has 1 fully saturated rings. The van der Waals surface area contributed by atoms with Gasteiger partial charge in [-0.1, -0.05) is 12.1 Å². The SMILES string of the molecule is CCOC(=O)c1cc2cc(NC(=O)[C@H]3[C@@H](c4ccc(F)cc4)CCN3C(=O)OC(C)(C)C)ccc2[nH]1. The number of likely N-dealkylation sites (tertiary alicyclic amines) is 1. The van der Waals surface area contributed by atoms with E-state index in [1.807, 2.05) is 0 Å². The van der Waals surface area contributed by atoms with E-state index < -0.39 is 23.7 Å². The predicted octanol–water partition coefficient (Wildman–Crippen LogP) is 5.22. The first-order valence-electron chi connectivity index (χ1n) is 11.9. The van der Waals surface area contributed by atoms with Crippen molar-refractivity contribution in [3.05, 3.63) is 65.6 Å². The second-order valence-corrected chi connectivity index (χ2v) is 9.76. The Morgan fingerprint density at radius 2 is 1.83 bits per heavy atom. The van der Waals surface area contributed by atoms with Gasteiger partial charge in [0, 0.05) is 29.1 Å². The number of hydrogen-bond donors (Lipinski definition) is 2. The van der Waals surface area contributed by atoms with Crippen LogP contribution in [0.3, 0.4) is 0 Å². The van der Waals surface area contributed by atoms with E-state index in [1.54, 1.807) is 64.1 Å². The van der Waals surface area contributed by atoms with Crippen LogP contribution in [0.15, 0.2) is 48.5 Å². The lowest BCUT2D eigenvalue weighted by Crippen LogP contribution is -2.47. The number of nitrogens with one attached hydrogen (secondary N) is 2. The van der Waals surface area contributed by atoms with Crippen LogP contribution in [0.25, 0.3) is 10.9 Å². The molecule has 0 spiro atoms. The fraction of sp³-hybridized carbons (Fsp3) is 0.370. The Hall–Kier alpha value is -3.88. The monoisotopic (exact) mass is 495 g/mol. The molecule has 8 nitrogen and oxygen atoms in total. The molecule has 1 aliphatic rings. The van der Waals surface area contributed by atoms with Crippen LogP contribution in [-0.2, 0) is 14.3 Å². The molecule has 2 heterocycles. The molecule has 1 aromatic heterocycles. The molecule has 2 atom stereocenters. The van der Waals surface area contributed by atoms with Gasteiger partial charge in [-0.25, -0.2) is 14.0 Å². The molecule has 0 aliphatic carbocycles. The van der Waals surface area contributed by atoms with Crippen molar-refractivity contribution in [1.29, 1.82) is 0 Å². The minimum absolute atomic E-state index is 0.264. The summed E-state index contributed by atoms with van der Waals surface area (Å²) in [6, 6.07) is 12.0. The number of carbonyl (C=O) groups is 3. The summed E-state index contributed by atoms with van der Waals surface area (Å²) >= 11 is 0. The Balaban J connectivity index is 1.60. The molecule has 0 unspecified atom stereocenters. The largest absolute Gasteiger partial charge is 0.461 e. The van der Waals surface area contributed by atoms with Crippen molar-refractivity contribution in [3.8, 4) is 0 Å². The number of rotatable bonds is 5. The molecular weight excluding hydrogens is 465 g/mol. The van der Waals surface area contributed by atoms with Crippen molar-refractivity contribution < 1.29 is 28.2 Å². The minimum atomic E-state index is -0.845. The number of amides is 2. The number of H-pyrrole nitrogens is 1. The number of aromatic amines is 1. The predicted molar refractivity (Wildman–Crippen MR) is 133 cm³/mol. The van der Waals surface area contributed by atoms with Gasteiger partial charge in [-0.05, 0) is 76.1 Å². The van der Waals surface area contributed by atoms with Crippen LogP contribution in [-0.4, -0.2) is 52.6 Å². The zero-order valence-corrected chi connectivity index (χ0v) is 20.8. The van der Waals surface area contributed by atoms with Gasteiger partial charge in [0.2, 0.25) is 5.91 Å². The second kappa shape index (κ2) is 10.0. The van der Waals surface area contributed by atoms with Crippen molar-refractivity contribution in [2.75, 3.05) is 18.5 Å². The lowest BCUT2D eigenvalue weighted by atomic mass is 9.91. The molecule has 0 bridgehead atoms. The van der Waals surface area contributed by atoms with E-state index in [0.29, 0.717) is 24.3 Å². The number of halogens is 1. The van der Waals surface area contributed by atoms with Crippen LogP contribution in [0, 0.1) is 5.82 Å². The molecule has 2 amide bonds. The van der Waals surface area contributed by atoms with Gasteiger partial charge in [0.25, 0.3) is 0 Å². The topological polar surface area (TPSA) is 101 Å². The highest BCUT2D eigenvalue weighted by atomic mass is 19.1. The van der Waals surface area contributed by atoms with E-state index in [-0.39, 0.29) is 24.2 Å². The smallest absolute Gasteiger partial charge is 0.410 e. The maximum absolute atomic E-state index is 13.6. The molecule has 1 aliphatic heterocycles. The number of carbonyl (C=O) groups excluding carboxylic acids is 3. The lowest BCUT2D eigenvalue weighted by molar-refractivity contribution is -0.120. The Kier molecular flexibility index (Phi) is 7.01. The highest BCUT2D eigenvalue weighted by Crippen LogP contribution is 2.35. The van der Waals surface area contributed by atoms with Gasteiger partial charge in [0.1, 0.15) is 23.2 Å². The maximum Gasteiger partial charge on any atom is 0.410 e. The molecule has 0 radical (unpaired) electrons. The molecule has 1 saturated heterocycles. The highest BCUT2D eigenvalue weighted by Gasteiger charge is 2.44. The van der Waals surface area contributed by atoms with Gasteiger partial charge in [0.05, 0.1) is 6.61 Å². The highest BCUT2D eigenvalue weighted by molar-refractivity contribution is 6.00. The van der Waals surface area contributed by atoms with Crippen LogP contribution in [0.2, 0.25) is 0 Å². The Morgan fingerprint density at radius 1 is 1.11 bits per heavy atom. The lowest BCUT2D eigenvalue weighted by Gasteiger charge is -2.30. The molecule has 2 N–H and O–H groups in total. The third-order valence-electron chi connectivity index (χ3n) is 5.98. The molecule has 9 heteroatoms. The standard InChI is InChI=1S/C27H30FN3O5/c1-5-35-25(33)22-15-17-14-19(10-11-21(17)30-22)29-24(32)23-20(16-6-8-18(28)9-7-16)12-13-31(23)26(34)36-27(2,3)4/h6-11,14-15,20,23,30H,5,12-13H2,1-4H3,(H,29,32)/t20-,23-/m1/s1. The molecule has 190 valence electrons. The zero-order chi connectivity index (χ0) is 26.0.